The van der Waals surface area contributed by atoms with Crippen molar-refractivity contribution in [2.45, 2.75) is 126 Å². The van der Waals surface area contributed by atoms with E-state index in [9.17, 15) is 0 Å². The summed E-state index contributed by atoms with van der Waals surface area (Å²) in [5, 5.41) is 0. The van der Waals surface area contributed by atoms with Crippen LogP contribution in [-0.2, 0) is 38.1 Å². The predicted octanol–water partition coefficient (Wildman–Crippen LogP) is 11.5. The van der Waals surface area contributed by atoms with Gasteiger partial charge in [0.1, 0.15) is 0 Å². The zero-order valence-electron chi connectivity index (χ0n) is 30.6. The molecule has 1 aromatic carbocycles. The summed E-state index contributed by atoms with van der Waals surface area (Å²) in [6, 6.07) is 11.2. The van der Waals surface area contributed by atoms with Crippen LogP contribution >= 0.6 is 0 Å². The van der Waals surface area contributed by atoms with Gasteiger partial charge >= 0.3 is 0 Å². The third-order valence-electron chi connectivity index (χ3n) is 10.4. The first kappa shape index (κ1) is 40.2. The van der Waals surface area contributed by atoms with Gasteiger partial charge in [-0.3, -0.25) is 0 Å². The van der Waals surface area contributed by atoms with Crippen LogP contribution in [-0.4, -0.2) is 24.2 Å². The van der Waals surface area contributed by atoms with Crippen molar-refractivity contribution in [3.8, 4) is 0 Å². The van der Waals surface area contributed by atoms with E-state index in [1.54, 1.807) is 28.8 Å². The smallest absolute Gasteiger partial charge is 0.0626 e. The molecule has 3 atom stereocenters. The second-order valence-electron chi connectivity index (χ2n) is 17.0. The van der Waals surface area contributed by atoms with Crippen LogP contribution in [0.1, 0.15) is 73.3 Å². The maximum Gasteiger partial charge on any atom is 0.0626 e. The molecule has 43 heavy (non-hydrogen) atoms. The molecule has 0 amide bonds. The van der Waals surface area contributed by atoms with E-state index < -0.39 is 24.2 Å². The van der Waals surface area contributed by atoms with Gasteiger partial charge in [-0.15, -0.1) is 16.1 Å². The van der Waals surface area contributed by atoms with E-state index in [0.717, 1.165) is 5.92 Å². The fraction of sp³-hybridized carbons (Fsp3) is 0.564. The fourth-order valence-corrected chi connectivity index (χ4v) is 22.3. The number of hydrogen-bond donors (Lipinski definition) is 0. The first-order valence-corrected chi connectivity index (χ1v) is 26.8. The van der Waals surface area contributed by atoms with Crippen LogP contribution in [0.3, 0.4) is 0 Å². The molecule has 3 fully saturated rings. The molecule has 0 bridgehead atoms. The van der Waals surface area contributed by atoms with Gasteiger partial charge in [-0.2, -0.15) is 0 Å². The van der Waals surface area contributed by atoms with Gasteiger partial charge < -0.3 is 5.67 Å². The molecule has 3 aliphatic rings. The van der Waals surface area contributed by atoms with Gasteiger partial charge in [0, 0.05) is 32.7 Å². The summed E-state index contributed by atoms with van der Waals surface area (Å²) in [5.41, 5.74) is 7.62. The SMILES string of the molecule is C[C]1[C](C)[C](C)[C]([Si](C)(C)[C]2[CH][CH][C]([C@@H]3C[C@H](C)CC[C@H]3C(C)(C)c3ccccc3)[CH]2)[C]1C.C[Si](C)(C)[CH-][Si](C)(C)C.[Y]. The Kier molecular flexibility index (Phi) is 14.4. The molecule has 0 aliphatic heterocycles. The number of rotatable bonds is 7. The Morgan fingerprint density at radius 3 is 1.70 bits per heavy atom. The van der Waals surface area contributed by atoms with Gasteiger partial charge in [-0.05, 0) is 102 Å². The summed E-state index contributed by atoms with van der Waals surface area (Å²) in [7, 11) is -3.46. The molecule has 4 heteroatoms. The average Bonchev–Trinajstić information content (AvgIpc) is 3.44. The van der Waals surface area contributed by atoms with Crippen LogP contribution in [0.15, 0.2) is 30.3 Å². The van der Waals surface area contributed by atoms with Crippen LogP contribution in [0.4, 0.5) is 0 Å². The van der Waals surface area contributed by atoms with E-state index in [2.05, 4.69) is 156 Å². The summed E-state index contributed by atoms with van der Waals surface area (Å²) in [6.45, 7) is 36.3. The van der Waals surface area contributed by atoms with Gasteiger partial charge in [0.05, 0.1) is 8.07 Å². The van der Waals surface area contributed by atoms with Gasteiger partial charge in [0.25, 0.3) is 0 Å². The van der Waals surface area contributed by atoms with Crippen LogP contribution in [0.25, 0.3) is 0 Å². The molecule has 0 spiro atoms. The summed E-state index contributed by atoms with van der Waals surface area (Å²) >= 11 is 0. The molecular weight excluding hydrogens is 642 g/mol. The Bertz CT molecular complexity index is 948. The third kappa shape index (κ3) is 9.99. The van der Waals surface area contributed by atoms with Crippen molar-refractivity contribution in [3.05, 3.63) is 101 Å². The van der Waals surface area contributed by atoms with E-state index in [1.165, 1.54) is 36.7 Å². The molecule has 1 aromatic rings. The minimum absolute atomic E-state index is 0. The topological polar surface area (TPSA) is 0 Å². The standard InChI is InChI=1S/C32H44Si.C7H19Si2.Y/c1-21-15-18-30(32(6,7)27-13-11-10-12-14-27)29(19-21)26-16-17-28(20-26)33(8,9)31-24(4)22(2)23(3)25(31)5;1-8(2,3)7-9(4,5)6;/h10-14,16-17,20-21,29-30H,15,18-19H2,1-9H3;7H,1-6H3;/q;-1;/t21-,29+,30-;;/m1../s1. The molecule has 3 aliphatic carbocycles. The third-order valence-corrected chi connectivity index (χ3v) is 21.1. The Morgan fingerprint density at radius 2 is 1.23 bits per heavy atom. The largest absolute Gasteiger partial charge is 0.327 e. The van der Waals surface area contributed by atoms with E-state index >= 15 is 0 Å². The van der Waals surface area contributed by atoms with Gasteiger partial charge in [-0.1, -0.05) is 138 Å². The number of benzene rings is 1. The maximum atomic E-state index is 2.65. The Hall–Kier alpha value is 0.975. The van der Waals surface area contributed by atoms with Gasteiger partial charge in [0.15, 0.2) is 0 Å². The predicted molar refractivity (Wildman–Crippen MR) is 196 cm³/mol. The molecule has 0 unspecified atom stereocenters. The molecule has 3 saturated carbocycles. The molecule has 0 nitrogen and oxygen atoms in total. The summed E-state index contributed by atoms with van der Waals surface area (Å²) < 4.78 is 0. The molecule has 0 N–H and O–H groups in total. The van der Waals surface area contributed by atoms with Crippen molar-refractivity contribution in [1.29, 1.82) is 0 Å². The Labute approximate surface area is 299 Å². The van der Waals surface area contributed by atoms with Crippen molar-refractivity contribution < 1.29 is 32.7 Å². The summed E-state index contributed by atoms with van der Waals surface area (Å²) in [5.74, 6) is 9.82. The zero-order valence-corrected chi connectivity index (χ0v) is 36.5. The maximum absolute atomic E-state index is 2.65. The average molecular weight is 705 g/mol. The van der Waals surface area contributed by atoms with Crippen LogP contribution in [0.2, 0.25) is 52.4 Å². The first-order valence-electron chi connectivity index (χ1n) is 16.6. The molecule has 235 valence electrons. The van der Waals surface area contributed by atoms with Gasteiger partial charge in [0.2, 0.25) is 0 Å². The Morgan fingerprint density at radius 1 is 0.721 bits per heavy atom. The number of hydrogen-bond acceptors (Lipinski definition) is 0. The van der Waals surface area contributed by atoms with Gasteiger partial charge in [-0.25, -0.2) is 0 Å². The Balaban J connectivity index is 0.000000563. The molecule has 4 rings (SSSR count). The van der Waals surface area contributed by atoms with Crippen molar-refractivity contribution in [3.63, 3.8) is 0 Å². The molecule has 11 radical (unpaired) electrons. The molecule has 0 aromatic heterocycles. The van der Waals surface area contributed by atoms with Crippen molar-refractivity contribution >= 4 is 24.2 Å². The quantitative estimate of drug-likeness (QED) is 0.196. The van der Waals surface area contributed by atoms with Crippen molar-refractivity contribution in [1.82, 2.24) is 0 Å². The molecular formula is C39H63Si3Y-. The van der Waals surface area contributed by atoms with E-state index in [1.807, 2.05) is 0 Å². The van der Waals surface area contributed by atoms with Crippen molar-refractivity contribution in [2.24, 2.45) is 17.8 Å². The summed E-state index contributed by atoms with van der Waals surface area (Å²) in [4.78, 5) is 0. The summed E-state index contributed by atoms with van der Waals surface area (Å²) in [6.07, 6.45) is 11.6. The zero-order chi connectivity index (χ0) is 31.8. The molecule has 0 heterocycles. The second kappa shape index (κ2) is 15.5. The normalized spacial score (nSPS) is 26.8. The van der Waals surface area contributed by atoms with Crippen LogP contribution < -0.4 is 0 Å². The fourth-order valence-electron chi connectivity index (χ4n) is 8.38. The minimum Gasteiger partial charge on any atom is -0.327 e. The first-order chi connectivity index (χ1) is 19.2. The van der Waals surface area contributed by atoms with Crippen LogP contribution in [0.5, 0.6) is 0 Å². The monoisotopic (exact) mass is 704 g/mol. The van der Waals surface area contributed by atoms with E-state index in [4.69, 9.17) is 0 Å². The molecule has 0 saturated heterocycles. The van der Waals surface area contributed by atoms with E-state index in [0.29, 0.717) is 11.8 Å². The van der Waals surface area contributed by atoms with Crippen LogP contribution in [0, 0.1) is 83.4 Å². The second-order valence-corrected chi connectivity index (χ2v) is 32.0. The van der Waals surface area contributed by atoms with Crippen molar-refractivity contribution in [2.75, 3.05) is 0 Å². The minimum atomic E-state index is -1.75. The van der Waals surface area contributed by atoms with E-state index in [-0.39, 0.29) is 38.1 Å².